The van der Waals surface area contributed by atoms with E-state index in [9.17, 15) is 4.79 Å². The first-order valence-electron chi connectivity index (χ1n) is 8.73. The van der Waals surface area contributed by atoms with E-state index >= 15 is 0 Å². The fourth-order valence-electron chi connectivity index (χ4n) is 2.56. The van der Waals surface area contributed by atoms with Crippen LogP contribution in [0.15, 0.2) is 65.1 Å². The zero-order chi connectivity index (χ0) is 20.1. The average molecular weight is 424 g/mol. The van der Waals surface area contributed by atoms with Gasteiger partial charge < -0.3 is 10.6 Å². The number of hydrogen-bond acceptors (Lipinski definition) is 8. The van der Waals surface area contributed by atoms with Crippen molar-refractivity contribution in [2.75, 3.05) is 10.6 Å². The highest BCUT2D eigenvalue weighted by Gasteiger charge is 2.11. The molecule has 4 aromatic rings. The third-order valence-corrected chi connectivity index (χ3v) is 5.54. The molecule has 0 unspecified atom stereocenters. The van der Waals surface area contributed by atoms with Gasteiger partial charge in [-0.25, -0.2) is 4.98 Å². The monoisotopic (exact) mass is 423 g/mol. The number of tetrazole rings is 1. The molecule has 146 valence electrons. The van der Waals surface area contributed by atoms with Crippen molar-refractivity contribution in [1.82, 2.24) is 25.2 Å². The van der Waals surface area contributed by atoms with E-state index in [-0.39, 0.29) is 5.91 Å². The zero-order valence-corrected chi connectivity index (χ0v) is 17.1. The van der Waals surface area contributed by atoms with Crippen LogP contribution in [0.4, 0.5) is 16.5 Å². The lowest BCUT2D eigenvalue weighted by atomic mass is 10.3. The van der Waals surface area contributed by atoms with Crippen LogP contribution in [0.1, 0.15) is 12.6 Å². The van der Waals surface area contributed by atoms with Crippen LogP contribution in [0.5, 0.6) is 0 Å². The fraction of sp³-hybridized carbons (Fsp3) is 0.105. The van der Waals surface area contributed by atoms with Crippen LogP contribution in [0.3, 0.4) is 0 Å². The molecule has 0 aliphatic carbocycles. The van der Waals surface area contributed by atoms with Crippen molar-refractivity contribution in [2.24, 2.45) is 0 Å². The standard InChI is InChI=1S/C19H17N7OS2/c1-13(27)20-15-8-5-9-17(10-15)26-19(23-24-25-26)29-12-16-11-28-18(22-16)21-14-6-3-2-4-7-14/h2-11H,12H2,1H3,(H,20,27)(H,21,22). The van der Waals surface area contributed by atoms with Crippen LogP contribution in [-0.2, 0) is 10.5 Å². The van der Waals surface area contributed by atoms with Gasteiger partial charge in [0, 0.05) is 29.4 Å². The largest absolute Gasteiger partial charge is 0.332 e. The van der Waals surface area contributed by atoms with Crippen LogP contribution < -0.4 is 10.6 Å². The number of nitrogens with one attached hydrogen (secondary N) is 2. The molecule has 0 spiro atoms. The third kappa shape index (κ3) is 4.98. The summed E-state index contributed by atoms with van der Waals surface area (Å²) in [5.41, 5.74) is 3.41. The van der Waals surface area contributed by atoms with Crippen molar-refractivity contribution < 1.29 is 4.79 Å². The van der Waals surface area contributed by atoms with E-state index in [0.29, 0.717) is 16.6 Å². The maximum Gasteiger partial charge on any atom is 0.221 e. The highest BCUT2D eigenvalue weighted by Crippen LogP contribution is 2.27. The molecule has 0 atom stereocenters. The number of carbonyl (C=O) groups excluding carboxylic acids is 1. The van der Waals surface area contributed by atoms with Crippen molar-refractivity contribution in [1.29, 1.82) is 0 Å². The molecule has 0 fully saturated rings. The lowest BCUT2D eigenvalue weighted by Gasteiger charge is -2.07. The van der Waals surface area contributed by atoms with Crippen molar-refractivity contribution in [3.8, 4) is 5.69 Å². The Kier molecular flexibility index (Phi) is 5.82. The minimum atomic E-state index is -0.128. The summed E-state index contributed by atoms with van der Waals surface area (Å²) in [7, 11) is 0. The molecule has 0 aliphatic rings. The Morgan fingerprint density at radius 3 is 2.79 bits per heavy atom. The number of benzene rings is 2. The molecular weight excluding hydrogens is 406 g/mol. The summed E-state index contributed by atoms with van der Waals surface area (Å²) in [6, 6.07) is 17.3. The van der Waals surface area contributed by atoms with E-state index in [2.05, 4.69) is 31.1 Å². The second-order valence-electron chi connectivity index (χ2n) is 6.03. The minimum Gasteiger partial charge on any atom is -0.332 e. The molecular formula is C19H17N7OS2. The third-order valence-electron chi connectivity index (χ3n) is 3.78. The number of para-hydroxylation sites is 1. The van der Waals surface area contributed by atoms with E-state index in [1.54, 1.807) is 16.0 Å². The van der Waals surface area contributed by atoms with Crippen molar-refractivity contribution in [3.05, 3.63) is 65.7 Å². The van der Waals surface area contributed by atoms with E-state index in [1.165, 1.54) is 18.7 Å². The van der Waals surface area contributed by atoms with Crippen LogP contribution in [0.25, 0.3) is 5.69 Å². The first-order valence-corrected chi connectivity index (χ1v) is 10.6. The molecule has 1 amide bonds. The first-order chi connectivity index (χ1) is 14.2. The normalized spacial score (nSPS) is 10.7. The maximum atomic E-state index is 11.3. The van der Waals surface area contributed by atoms with Gasteiger partial charge in [-0.3, -0.25) is 4.79 Å². The van der Waals surface area contributed by atoms with Gasteiger partial charge in [0.2, 0.25) is 11.1 Å². The predicted molar refractivity (Wildman–Crippen MR) is 115 cm³/mol. The summed E-state index contributed by atoms with van der Waals surface area (Å²) in [5, 5.41) is 21.5. The van der Waals surface area contributed by atoms with Crippen molar-refractivity contribution >= 4 is 45.5 Å². The second kappa shape index (κ2) is 8.84. The van der Waals surface area contributed by atoms with Gasteiger partial charge in [-0.2, -0.15) is 4.68 Å². The molecule has 0 aliphatic heterocycles. The molecule has 2 heterocycles. The number of aromatic nitrogens is 5. The Balaban J connectivity index is 1.43. The number of rotatable bonds is 7. The smallest absolute Gasteiger partial charge is 0.221 e. The van der Waals surface area contributed by atoms with Crippen LogP contribution in [0, 0.1) is 0 Å². The van der Waals surface area contributed by atoms with Gasteiger partial charge in [-0.1, -0.05) is 36.0 Å². The van der Waals surface area contributed by atoms with Gasteiger partial charge in [-0.15, -0.1) is 16.4 Å². The van der Waals surface area contributed by atoms with Crippen LogP contribution in [-0.4, -0.2) is 31.1 Å². The lowest BCUT2D eigenvalue weighted by Crippen LogP contribution is -2.07. The Labute approximate surface area is 175 Å². The summed E-state index contributed by atoms with van der Waals surface area (Å²) in [6.07, 6.45) is 0. The number of anilines is 3. The average Bonchev–Trinajstić information content (AvgIpc) is 3.36. The van der Waals surface area contributed by atoms with Crippen LogP contribution in [0.2, 0.25) is 0 Å². The summed E-state index contributed by atoms with van der Waals surface area (Å²) in [4.78, 5) is 15.9. The molecule has 4 rings (SSSR count). The Morgan fingerprint density at radius 2 is 1.97 bits per heavy atom. The summed E-state index contributed by atoms with van der Waals surface area (Å²) in [6.45, 7) is 1.47. The molecule has 8 nitrogen and oxygen atoms in total. The fourth-order valence-corrected chi connectivity index (χ4v) is 4.18. The highest BCUT2D eigenvalue weighted by atomic mass is 32.2. The number of carbonyl (C=O) groups is 1. The quantitative estimate of drug-likeness (QED) is 0.432. The summed E-state index contributed by atoms with van der Waals surface area (Å²) < 4.78 is 1.64. The van der Waals surface area contributed by atoms with Gasteiger partial charge in [0.15, 0.2) is 5.13 Å². The zero-order valence-electron chi connectivity index (χ0n) is 15.4. The Hall–Kier alpha value is -3.24. The van der Waals surface area contributed by atoms with Gasteiger partial charge in [0.25, 0.3) is 0 Å². The molecule has 2 aromatic heterocycles. The summed E-state index contributed by atoms with van der Waals surface area (Å²) >= 11 is 3.05. The molecule has 2 aromatic carbocycles. The molecule has 0 saturated heterocycles. The molecule has 0 radical (unpaired) electrons. The van der Waals surface area contributed by atoms with E-state index in [4.69, 9.17) is 0 Å². The Morgan fingerprint density at radius 1 is 1.14 bits per heavy atom. The van der Waals surface area contributed by atoms with Gasteiger partial charge >= 0.3 is 0 Å². The molecule has 0 bridgehead atoms. The molecule has 10 heteroatoms. The maximum absolute atomic E-state index is 11.3. The van der Waals surface area contributed by atoms with Crippen LogP contribution >= 0.6 is 23.1 Å². The molecule has 0 saturated carbocycles. The van der Waals surface area contributed by atoms with E-state index < -0.39 is 0 Å². The molecule has 2 N–H and O–H groups in total. The number of nitrogens with zero attached hydrogens (tertiary/aromatic N) is 5. The van der Waals surface area contributed by atoms with Crippen molar-refractivity contribution in [2.45, 2.75) is 17.8 Å². The SMILES string of the molecule is CC(=O)Nc1cccc(-n2nnnc2SCc2csc(Nc3ccccc3)n2)c1. The topological polar surface area (TPSA) is 97.6 Å². The molecule has 29 heavy (non-hydrogen) atoms. The van der Waals surface area contributed by atoms with Gasteiger partial charge in [0.05, 0.1) is 11.4 Å². The highest BCUT2D eigenvalue weighted by molar-refractivity contribution is 7.98. The van der Waals surface area contributed by atoms with E-state index in [0.717, 1.165) is 22.2 Å². The second-order valence-corrected chi connectivity index (χ2v) is 7.83. The number of hydrogen-bond donors (Lipinski definition) is 2. The number of amides is 1. The number of thioether (sulfide) groups is 1. The summed E-state index contributed by atoms with van der Waals surface area (Å²) in [5.74, 6) is 0.510. The minimum absolute atomic E-state index is 0.128. The van der Waals surface area contributed by atoms with Gasteiger partial charge in [0.1, 0.15) is 0 Å². The number of thiazole rings is 1. The first kappa shape index (κ1) is 19.1. The Bertz CT molecular complexity index is 1110. The van der Waals surface area contributed by atoms with Gasteiger partial charge in [-0.05, 0) is 40.8 Å². The van der Waals surface area contributed by atoms with E-state index in [1.807, 2.05) is 60.0 Å². The lowest BCUT2D eigenvalue weighted by molar-refractivity contribution is -0.114. The predicted octanol–water partition coefficient (Wildman–Crippen LogP) is 4.11. The van der Waals surface area contributed by atoms with Crippen molar-refractivity contribution in [3.63, 3.8) is 0 Å².